The number of hydrogen-bond donors (Lipinski definition) is 3. The molecule has 2 aliphatic rings. The van der Waals surface area contributed by atoms with Gasteiger partial charge in [-0.3, -0.25) is 14.5 Å². The summed E-state index contributed by atoms with van der Waals surface area (Å²) in [5.74, 6) is -2.22. The number of thiazole rings is 1. The number of benzene rings is 1. The molecule has 2 atom stereocenters. The van der Waals surface area contributed by atoms with Crippen LogP contribution in [0, 0.1) is 5.82 Å². The monoisotopic (exact) mass is 607 g/mol. The molecule has 0 radical (unpaired) electrons. The van der Waals surface area contributed by atoms with Crippen LogP contribution in [0.25, 0.3) is 0 Å². The van der Waals surface area contributed by atoms with Crippen LogP contribution in [0.1, 0.15) is 11.3 Å². The number of nitrogens with zero attached hydrogens (tertiary/aromatic N) is 5. The van der Waals surface area contributed by atoms with Gasteiger partial charge in [0.1, 0.15) is 40.7 Å². The van der Waals surface area contributed by atoms with E-state index in [1.54, 1.807) is 5.51 Å². The summed E-state index contributed by atoms with van der Waals surface area (Å²) in [6.07, 6.45) is 0. The van der Waals surface area contributed by atoms with Gasteiger partial charge in [-0.15, -0.1) is 33.3 Å². The number of hydrogen-bond acceptors (Lipinski definition) is 13. The minimum atomic E-state index is -1.22. The van der Waals surface area contributed by atoms with Gasteiger partial charge in [-0.1, -0.05) is 40.4 Å². The Morgan fingerprint density at radius 3 is 2.77 bits per heavy atom. The number of nitrogens with one attached hydrogen (secondary N) is 1. The van der Waals surface area contributed by atoms with Crippen molar-refractivity contribution in [2.24, 2.45) is 5.16 Å². The van der Waals surface area contributed by atoms with Gasteiger partial charge in [0.2, 0.25) is 0 Å². The lowest BCUT2D eigenvalue weighted by atomic mass is 10.0. The molecule has 2 aromatic heterocycles. The van der Waals surface area contributed by atoms with Crippen molar-refractivity contribution in [2.75, 3.05) is 17.2 Å². The maximum absolute atomic E-state index is 13.2. The Kier molecular flexibility index (Phi) is 8.10. The van der Waals surface area contributed by atoms with Crippen molar-refractivity contribution in [3.63, 3.8) is 0 Å². The van der Waals surface area contributed by atoms with E-state index in [1.807, 2.05) is 0 Å². The first-order chi connectivity index (χ1) is 18.8. The van der Waals surface area contributed by atoms with E-state index < -0.39 is 35.0 Å². The van der Waals surface area contributed by atoms with E-state index in [1.165, 1.54) is 69.4 Å². The third kappa shape index (κ3) is 5.90. The van der Waals surface area contributed by atoms with Crippen LogP contribution in [0.15, 0.2) is 55.9 Å². The molecular formula is C22H18FN7O5S4. The number of β-lactam (4-membered cyclic amide) rings is 1. The summed E-state index contributed by atoms with van der Waals surface area (Å²) in [7, 11) is 0. The normalized spacial score (nSPS) is 18.9. The SMILES string of the molecule is Nc1nc(C(=NOCc2ccc(F)cc2)C(=O)NC2C(=O)N3C(C(=O)O)=C(CSc4nncs4)CS[C@H]23)cs1. The van der Waals surface area contributed by atoms with E-state index in [4.69, 9.17) is 10.6 Å². The van der Waals surface area contributed by atoms with Crippen LogP contribution in [-0.2, 0) is 25.8 Å². The average Bonchev–Trinajstić information content (AvgIpc) is 3.60. The molecular weight excluding hydrogens is 590 g/mol. The van der Waals surface area contributed by atoms with Crippen LogP contribution in [0.4, 0.5) is 9.52 Å². The van der Waals surface area contributed by atoms with E-state index in [0.29, 0.717) is 27.0 Å². The lowest BCUT2D eigenvalue weighted by Gasteiger charge is -2.49. The van der Waals surface area contributed by atoms with Crippen molar-refractivity contribution in [1.82, 2.24) is 25.4 Å². The number of carbonyl (C=O) groups is 3. The fourth-order valence-corrected chi connectivity index (χ4v) is 7.25. The third-order valence-corrected chi connectivity index (χ3v) is 9.49. The van der Waals surface area contributed by atoms with Crippen LogP contribution in [-0.4, -0.2) is 71.6 Å². The number of carboxylic acid groups (broad SMARTS) is 1. The standard InChI is InChI=1S/C22H18FN7O5S4/c23-12-3-1-10(2-4-12)5-35-29-14(13-8-37-21(24)26-13)17(31)27-15-18(32)30-16(20(33)34)11(6-36-19(15)30)7-38-22-28-25-9-39-22/h1-4,8-9,15,19H,5-7H2,(H2,24,26)(H,27,31)(H,33,34)/t15?,19-/m1/s1. The Labute approximate surface area is 236 Å². The maximum atomic E-state index is 13.2. The molecule has 2 aliphatic heterocycles. The number of oxime groups is 1. The fourth-order valence-electron chi connectivity index (χ4n) is 3.73. The van der Waals surface area contributed by atoms with Crippen molar-refractivity contribution in [2.45, 2.75) is 22.4 Å². The second-order valence-electron chi connectivity index (χ2n) is 8.02. The van der Waals surface area contributed by atoms with Crippen molar-refractivity contribution in [3.05, 3.63) is 63.5 Å². The topological polar surface area (TPSA) is 173 Å². The number of nitrogen functional groups attached to an aromatic ring is 1. The molecule has 0 saturated carbocycles. The summed E-state index contributed by atoms with van der Waals surface area (Å²) >= 11 is 5.13. The molecule has 2 amide bonds. The van der Waals surface area contributed by atoms with Gasteiger partial charge in [0.15, 0.2) is 15.2 Å². The van der Waals surface area contributed by atoms with E-state index >= 15 is 0 Å². The zero-order valence-electron chi connectivity index (χ0n) is 19.6. The van der Waals surface area contributed by atoms with Gasteiger partial charge in [-0.2, -0.15) is 0 Å². The Hall–Kier alpha value is -3.54. The number of nitrogens with two attached hydrogens (primary N) is 1. The molecule has 4 heterocycles. The van der Waals surface area contributed by atoms with Gasteiger partial charge < -0.3 is 21.0 Å². The van der Waals surface area contributed by atoms with Gasteiger partial charge in [0.05, 0.1) is 0 Å². The molecule has 3 aromatic rings. The molecule has 1 saturated heterocycles. The van der Waals surface area contributed by atoms with Gasteiger partial charge in [0, 0.05) is 16.9 Å². The second-order valence-corrected chi connectivity index (χ2v) is 12.1. The smallest absolute Gasteiger partial charge is 0.352 e. The Balaban J connectivity index is 1.29. The predicted octanol–water partition coefficient (Wildman–Crippen LogP) is 2.17. The summed E-state index contributed by atoms with van der Waals surface area (Å²) in [5.41, 5.74) is 8.36. The van der Waals surface area contributed by atoms with Gasteiger partial charge >= 0.3 is 5.97 Å². The van der Waals surface area contributed by atoms with E-state index in [2.05, 4.69) is 25.7 Å². The summed E-state index contributed by atoms with van der Waals surface area (Å²) in [4.78, 5) is 48.9. The van der Waals surface area contributed by atoms with E-state index in [0.717, 1.165) is 11.3 Å². The number of halogens is 1. The predicted molar refractivity (Wildman–Crippen MR) is 145 cm³/mol. The number of thioether (sulfide) groups is 2. The number of aliphatic carboxylic acids is 1. The molecule has 12 nitrogen and oxygen atoms in total. The van der Waals surface area contributed by atoms with Crippen LogP contribution in [0.5, 0.6) is 0 Å². The minimum Gasteiger partial charge on any atom is -0.477 e. The van der Waals surface area contributed by atoms with Crippen molar-refractivity contribution < 1.29 is 28.7 Å². The Bertz CT molecular complexity index is 1460. The van der Waals surface area contributed by atoms with E-state index in [-0.39, 0.29) is 28.8 Å². The largest absolute Gasteiger partial charge is 0.477 e. The average molecular weight is 608 g/mol. The van der Waals surface area contributed by atoms with Crippen LogP contribution < -0.4 is 11.1 Å². The van der Waals surface area contributed by atoms with Crippen LogP contribution >= 0.6 is 46.2 Å². The molecule has 39 heavy (non-hydrogen) atoms. The summed E-state index contributed by atoms with van der Waals surface area (Å²) in [6.45, 7) is -0.0457. The van der Waals surface area contributed by atoms with Crippen molar-refractivity contribution in [1.29, 1.82) is 0 Å². The molecule has 0 aliphatic carbocycles. The highest BCUT2D eigenvalue weighted by molar-refractivity contribution is 8.01. The number of aromatic nitrogens is 3. The Morgan fingerprint density at radius 2 is 2.10 bits per heavy atom. The van der Waals surface area contributed by atoms with E-state index in [9.17, 15) is 23.9 Å². The molecule has 0 spiro atoms. The molecule has 0 bridgehead atoms. The summed E-state index contributed by atoms with van der Waals surface area (Å²) in [5, 5.41) is 25.2. The third-order valence-electron chi connectivity index (χ3n) is 5.53. The molecule has 202 valence electrons. The van der Waals surface area contributed by atoms with Gasteiger partial charge in [-0.25, -0.2) is 14.2 Å². The quantitative estimate of drug-likeness (QED) is 0.133. The minimum absolute atomic E-state index is 0.0457. The fraction of sp³-hybridized carbons (Fsp3) is 0.227. The van der Waals surface area contributed by atoms with Crippen LogP contribution in [0.3, 0.4) is 0 Å². The first-order valence-electron chi connectivity index (χ1n) is 11.1. The summed E-state index contributed by atoms with van der Waals surface area (Å²) < 4.78 is 13.8. The molecule has 1 fully saturated rings. The lowest BCUT2D eigenvalue weighted by molar-refractivity contribution is -0.150. The number of carbonyl (C=O) groups excluding carboxylic acids is 2. The zero-order valence-corrected chi connectivity index (χ0v) is 22.9. The second kappa shape index (κ2) is 11.7. The van der Waals surface area contributed by atoms with Gasteiger partial charge in [0.25, 0.3) is 11.8 Å². The maximum Gasteiger partial charge on any atom is 0.352 e. The zero-order chi connectivity index (χ0) is 27.5. The van der Waals surface area contributed by atoms with Gasteiger partial charge in [-0.05, 0) is 23.3 Å². The lowest BCUT2D eigenvalue weighted by Crippen LogP contribution is -2.71. The molecule has 5 rings (SSSR count). The first kappa shape index (κ1) is 27.0. The molecule has 4 N–H and O–H groups in total. The molecule has 17 heteroatoms. The number of rotatable bonds is 10. The van der Waals surface area contributed by atoms with Crippen molar-refractivity contribution in [3.8, 4) is 0 Å². The number of carboxylic acids is 1. The highest BCUT2D eigenvalue weighted by atomic mass is 32.2. The first-order valence-corrected chi connectivity index (χ1v) is 14.9. The summed E-state index contributed by atoms with van der Waals surface area (Å²) in [6, 6.07) is 4.59. The Morgan fingerprint density at radius 1 is 1.31 bits per heavy atom. The number of anilines is 1. The molecule has 1 unspecified atom stereocenters. The number of amides is 2. The van der Waals surface area contributed by atoms with Crippen LogP contribution in [0.2, 0.25) is 0 Å². The highest BCUT2D eigenvalue weighted by Gasteiger charge is 2.54. The number of fused-ring (bicyclic) bond motifs is 1. The van der Waals surface area contributed by atoms with Crippen molar-refractivity contribution >= 4 is 74.8 Å². The highest BCUT2D eigenvalue weighted by Crippen LogP contribution is 2.41. The molecule has 1 aromatic carbocycles.